The molecule has 3 rings (SSSR count). The van der Waals surface area contributed by atoms with E-state index in [2.05, 4.69) is 32.9 Å². The third-order valence-corrected chi connectivity index (χ3v) is 7.14. The van der Waals surface area contributed by atoms with Crippen molar-refractivity contribution < 1.29 is 14.1 Å². The first-order valence-electron chi connectivity index (χ1n) is 9.32. The van der Waals surface area contributed by atoms with Crippen molar-refractivity contribution in [2.45, 2.75) is 59.3 Å². The summed E-state index contributed by atoms with van der Waals surface area (Å²) < 4.78 is 11.7. The van der Waals surface area contributed by atoms with E-state index in [1.54, 1.807) is 0 Å². The first-order chi connectivity index (χ1) is 11.9. The van der Waals surface area contributed by atoms with Crippen molar-refractivity contribution in [3.05, 3.63) is 40.1 Å². The van der Waals surface area contributed by atoms with E-state index >= 15 is 0 Å². The average Bonchev–Trinajstić information content (AvgIpc) is 2.57. The van der Waals surface area contributed by atoms with E-state index in [-0.39, 0.29) is 17.0 Å². The SMILES string of the molecule is CCc1cc(C)cc(CC)c1C1=C(O)CC2(CCS(=O)CC2)CC1=O. The molecule has 1 aliphatic carbocycles. The summed E-state index contributed by atoms with van der Waals surface area (Å²) in [5, 5.41) is 10.9. The Bertz CT molecular complexity index is 725. The Morgan fingerprint density at radius 1 is 1.08 bits per heavy atom. The summed E-state index contributed by atoms with van der Waals surface area (Å²) in [7, 11) is -0.757. The smallest absolute Gasteiger partial charge is 0.167 e. The molecule has 0 unspecified atom stereocenters. The van der Waals surface area contributed by atoms with Crippen molar-refractivity contribution in [3.63, 3.8) is 0 Å². The lowest BCUT2D eigenvalue weighted by molar-refractivity contribution is -0.117. The second-order valence-corrected chi connectivity index (χ2v) is 9.31. The van der Waals surface area contributed by atoms with Gasteiger partial charge in [-0.05, 0) is 54.7 Å². The van der Waals surface area contributed by atoms with Crippen molar-refractivity contribution in [2.24, 2.45) is 5.41 Å². The maximum absolute atomic E-state index is 13.1. The lowest BCUT2D eigenvalue weighted by Gasteiger charge is -2.40. The van der Waals surface area contributed by atoms with E-state index in [1.165, 1.54) is 5.56 Å². The monoisotopic (exact) mass is 360 g/mol. The largest absolute Gasteiger partial charge is 0.512 e. The number of ketones is 1. The summed E-state index contributed by atoms with van der Waals surface area (Å²) in [6, 6.07) is 4.27. The second-order valence-electron chi connectivity index (χ2n) is 7.61. The van der Waals surface area contributed by atoms with Gasteiger partial charge in [0.2, 0.25) is 0 Å². The Labute approximate surface area is 153 Å². The van der Waals surface area contributed by atoms with Gasteiger partial charge in [0.05, 0.1) is 5.57 Å². The number of benzene rings is 1. The molecule has 136 valence electrons. The van der Waals surface area contributed by atoms with Crippen molar-refractivity contribution in [1.82, 2.24) is 0 Å². The Morgan fingerprint density at radius 3 is 2.12 bits per heavy atom. The number of rotatable bonds is 3. The van der Waals surface area contributed by atoms with Gasteiger partial charge in [-0.3, -0.25) is 9.00 Å². The first kappa shape index (κ1) is 18.4. The molecule has 0 atom stereocenters. The maximum Gasteiger partial charge on any atom is 0.167 e. The average molecular weight is 361 g/mol. The molecule has 1 spiro atoms. The van der Waals surface area contributed by atoms with Gasteiger partial charge < -0.3 is 5.11 Å². The molecule has 4 heteroatoms. The predicted octanol–water partition coefficient (Wildman–Crippen LogP) is 4.28. The van der Waals surface area contributed by atoms with Crippen molar-refractivity contribution in [1.29, 1.82) is 0 Å². The molecule has 2 aliphatic rings. The highest BCUT2D eigenvalue weighted by atomic mass is 32.2. The quantitative estimate of drug-likeness (QED) is 0.875. The Morgan fingerprint density at radius 2 is 1.64 bits per heavy atom. The number of allylic oxidation sites excluding steroid dienone is 2. The number of hydrogen-bond acceptors (Lipinski definition) is 3. The Hall–Kier alpha value is -1.42. The number of aliphatic hydroxyl groups is 1. The van der Waals surface area contributed by atoms with Crippen molar-refractivity contribution in [3.8, 4) is 0 Å². The summed E-state index contributed by atoms with van der Waals surface area (Å²) in [6.07, 6.45) is 4.27. The molecule has 3 nitrogen and oxygen atoms in total. The summed E-state index contributed by atoms with van der Waals surface area (Å²) in [4.78, 5) is 13.1. The van der Waals surface area contributed by atoms with Crippen LogP contribution in [0.5, 0.6) is 0 Å². The first-order valence-corrected chi connectivity index (χ1v) is 10.8. The molecule has 0 amide bonds. The summed E-state index contributed by atoms with van der Waals surface area (Å²) in [6.45, 7) is 6.28. The fraction of sp³-hybridized carbons (Fsp3) is 0.571. The zero-order valence-corrected chi connectivity index (χ0v) is 16.3. The molecule has 0 bridgehead atoms. The second kappa shape index (κ2) is 7.06. The molecular formula is C21H28O3S. The number of hydrogen-bond donors (Lipinski definition) is 1. The predicted molar refractivity (Wildman–Crippen MR) is 103 cm³/mol. The van der Waals surface area contributed by atoms with Crippen molar-refractivity contribution in [2.75, 3.05) is 11.5 Å². The molecule has 1 N–H and O–H groups in total. The molecule has 1 saturated heterocycles. The van der Waals surface area contributed by atoms with Crippen LogP contribution in [0.3, 0.4) is 0 Å². The fourth-order valence-electron chi connectivity index (χ4n) is 4.44. The third kappa shape index (κ3) is 3.46. The van der Waals surface area contributed by atoms with Gasteiger partial charge in [0.1, 0.15) is 5.76 Å². The molecule has 0 saturated carbocycles. The number of aliphatic hydroxyl groups excluding tert-OH is 1. The zero-order chi connectivity index (χ0) is 18.2. The van der Waals surface area contributed by atoms with Gasteiger partial charge in [-0.2, -0.15) is 0 Å². The minimum Gasteiger partial charge on any atom is -0.512 e. The molecule has 1 aromatic rings. The van der Waals surface area contributed by atoms with E-state index in [9.17, 15) is 14.1 Å². The van der Waals surface area contributed by atoms with Crippen LogP contribution in [0, 0.1) is 12.3 Å². The lowest BCUT2D eigenvalue weighted by Crippen LogP contribution is -2.37. The van der Waals surface area contributed by atoms with Gasteiger partial charge in [0, 0.05) is 35.1 Å². The number of aryl methyl sites for hydroxylation is 3. The highest BCUT2D eigenvalue weighted by molar-refractivity contribution is 7.85. The molecular weight excluding hydrogens is 332 g/mol. The van der Waals surface area contributed by atoms with Crippen LogP contribution in [0.2, 0.25) is 0 Å². The topological polar surface area (TPSA) is 54.4 Å². The van der Waals surface area contributed by atoms with Crippen LogP contribution in [0.4, 0.5) is 0 Å². The highest BCUT2D eigenvalue weighted by Crippen LogP contribution is 2.47. The molecule has 1 aliphatic heterocycles. The van der Waals surface area contributed by atoms with Gasteiger partial charge in [-0.1, -0.05) is 31.5 Å². The third-order valence-electron chi connectivity index (χ3n) is 5.82. The Balaban J connectivity index is 2.06. The van der Waals surface area contributed by atoms with Gasteiger partial charge in [-0.15, -0.1) is 0 Å². The number of carbonyl (C=O) groups is 1. The van der Waals surface area contributed by atoms with Crippen LogP contribution < -0.4 is 0 Å². The van der Waals surface area contributed by atoms with Crippen LogP contribution in [-0.2, 0) is 28.4 Å². The van der Waals surface area contributed by atoms with E-state index in [0.29, 0.717) is 29.9 Å². The van der Waals surface area contributed by atoms with Crippen molar-refractivity contribution >= 4 is 22.2 Å². The minimum atomic E-state index is -0.757. The lowest BCUT2D eigenvalue weighted by atomic mass is 9.68. The van der Waals surface area contributed by atoms with E-state index in [4.69, 9.17) is 0 Å². The molecule has 1 heterocycles. The van der Waals surface area contributed by atoms with E-state index in [1.807, 2.05) is 0 Å². The van der Waals surface area contributed by atoms with E-state index in [0.717, 1.165) is 42.4 Å². The van der Waals surface area contributed by atoms with Crippen LogP contribution in [0.25, 0.3) is 5.57 Å². The highest BCUT2D eigenvalue weighted by Gasteiger charge is 2.43. The number of carbonyl (C=O) groups excluding carboxylic acids is 1. The van der Waals surface area contributed by atoms with Gasteiger partial charge in [0.15, 0.2) is 5.78 Å². The van der Waals surface area contributed by atoms with E-state index < -0.39 is 10.8 Å². The standard InChI is InChI=1S/C21H28O3S/c1-4-15-10-14(3)11-16(5-2)19(15)20-17(22)12-21(13-18(20)23)6-8-25(24)9-7-21/h10-11,22H,4-9,12-13H2,1-3H3. The molecule has 1 aromatic carbocycles. The summed E-state index contributed by atoms with van der Waals surface area (Å²) in [5.74, 6) is 1.61. The summed E-state index contributed by atoms with van der Waals surface area (Å²) >= 11 is 0. The maximum atomic E-state index is 13.1. The van der Waals surface area contributed by atoms with Gasteiger partial charge >= 0.3 is 0 Å². The van der Waals surface area contributed by atoms with Gasteiger partial charge in [0.25, 0.3) is 0 Å². The van der Waals surface area contributed by atoms with Gasteiger partial charge in [-0.25, -0.2) is 0 Å². The fourth-order valence-corrected chi connectivity index (χ4v) is 5.97. The zero-order valence-electron chi connectivity index (χ0n) is 15.5. The molecule has 1 fully saturated rings. The van der Waals surface area contributed by atoms with Crippen LogP contribution in [-0.4, -0.2) is 26.6 Å². The molecule has 0 aromatic heterocycles. The number of Topliss-reactive ketones (excluding diaryl/α,β-unsaturated/α-hetero) is 1. The van der Waals surface area contributed by atoms with Crippen LogP contribution >= 0.6 is 0 Å². The van der Waals surface area contributed by atoms with Crippen LogP contribution in [0.15, 0.2) is 17.9 Å². The Kier molecular flexibility index (Phi) is 5.19. The minimum absolute atomic E-state index is 0.0599. The molecule has 0 radical (unpaired) electrons. The molecule has 25 heavy (non-hydrogen) atoms. The normalized spacial score (nSPS) is 27.2. The summed E-state index contributed by atoms with van der Waals surface area (Å²) in [5.41, 5.74) is 4.83. The van der Waals surface area contributed by atoms with Crippen LogP contribution in [0.1, 0.15) is 61.8 Å².